The zero-order valence-corrected chi connectivity index (χ0v) is 17.8. The first-order valence-corrected chi connectivity index (χ1v) is 10.7. The minimum atomic E-state index is 0.400. The number of unbranched alkanes of at least 4 members (excludes halogenated alkanes) is 4. The Labute approximate surface area is 160 Å². The van der Waals surface area contributed by atoms with Crippen LogP contribution in [0.15, 0.2) is 21.0 Å². The second-order valence-corrected chi connectivity index (χ2v) is 8.23. The van der Waals surface area contributed by atoms with Crippen molar-refractivity contribution < 1.29 is 8.83 Å². The second-order valence-electron chi connectivity index (χ2n) is 8.23. The summed E-state index contributed by atoms with van der Waals surface area (Å²) in [5.74, 6) is 4.93. The Morgan fingerprint density at radius 1 is 0.654 bits per heavy atom. The number of aryl methyl sites for hydroxylation is 2. The summed E-state index contributed by atoms with van der Waals surface area (Å²) in [5, 5.41) is 0. The van der Waals surface area contributed by atoms with Crippen molar-refractivity contribution in [3.8, 4) is 11.5 Å². The van der Waals surface area contributed by atoms with Crippen molar-refractivity contribution in [1.82, 2.24) is 0 Å². The molecule has 26 heavy (non-hydrogen) atoms. The average molecular weight is 359 g/mol. The molecule has 0 spiro atoms. The van der Waals surface area contributed by atoms with Crippen LogP contribution in [-0.2, 0) is 12.8 Å². The lowest BCUT2D eigenvalue weighted by atomic mass is 10.0. The average Bonchev–Trinajstić information content (AvgIpc) is 3.19. The van der Waals surface area contributed by atoms with Gasteiger partial charge in [0.1, 0.15) is 11.5 Å². The minimum absolute atomic E-state index is 0.400. The van der Waals surface area contributed by atoms with Gasteiger partial charge in [-0.15, -0.1) is 0 Å². The van der Waals surface area contributed by atoms with Crippen molar-refractivity contribution in [2.45, 2.75) is 105 Å². The van der Waals surface area contributed by atoms with Crippen LogP contribution >= 0.6 is 0 Å². The normalized spacial score (nSPS) is 11.8. The van der Waals surface area contributed by atoms with E-state index < -0.39 is 0 Å². The number of hydrogen-bond donors (Lipinski definition) is 0. The molecule has 0 amide bonds. The molecule has 2 heterocycles. The van der Waals surface area contributed by atoms with Gasteiger partial charge in [-0.05, 0) is 37.8 Å². The Kier molecular flexibility index (Phi) is 8.06. The molecular formula is C24H38O2. The summed E-state index contributed by atoms with van der Waals surface area (Å²) in [7, 11) is 0. The van der Waals surface area contributed by atoms with Crippen molar-refractivity contribution in [2.75, 3.05) is 0 Å². The number of hydrogen-bond acceptors (Lipinski definition) is 2. The van der Waals surface area contributed by atoms with Crippen molar-refractivity contribution in [1.29, 1.82) is 0 Å². The molecule has 2 aromatic rings. The summed E-state index contributed by atoms with van der Waals surface area (Å²) in [6.07, 6.45) is 9.58. The quantitative estimate of drug-likeness (QED) is 0.378. The van der Waals surface area contributed by atoms with Gasteiger partial charge in [-0.2, -0.15) is 0 Å². The molecule has 0 fully saturated rings. The van der Waals surface area contributed by atoms with E-state index in [1.165, 1.54) is 49.7 Å². The molecule has 0 aromatic carbocycles. The molecule has 0 saturated carbocycles. The van der Waals surface area contributed by atoms with Crippen LogP contribution in [-0.4, -0.2) is 0 Å². The third-order valence-electron chi connectivity index (χ3n) is 5.10. The van der Waals surface area contributed by atoms with Gasteiger partial charge in [-0.1, -0.05) is 67.2 Å². The van der Waals surface area contributed by atoms with Crippen LogP contribution in [0.1, 0.15) is 115 Å². The van der Waals surface area contributed by atoms with E-state index in [2.05, 4.69) is 53.7 Å². The zero-order valence-electron chi connectivity index (χ0n) is 17.8. The van der Waals surface area contributed by atoms with Gasteiger partial charge in [0.05, 0.1) is 0 Å². The van der Waals surface area contributed by atoms with E-state index in [0.717, 1.165) is 35.9 Å². The van der Waals surface area contributed by atoms with Crippen LogP contribution in [0.2, 0.25) is 0 Å². The summed E-state index contributed by atoms with van der Waals surface area (Å²) in [5.41, 5.74) is 2.65. The Morgan fingerprint density at radius 3 is 1.35 bits per heavy atom. The van der Waals surface area contributed by atoms with Crippen molar-refractivity contribution in [3.63, 3.8) is 0 Å². The highest BCUT2D eigenvalue weighted by Gasteiger charge is 2.22. The van der Waals surface area contributed by atoms with Crippen molar-refractivity contribution >= 4 is 0 Å². The first-order valence-electron chi connectivity index (χ1n) is 10.7. The standard InChI is InChI=1S/C24H38O2/c1-7-9-11-13-19-15-21(17(3)4)25-23(19)24-20(14-12-10-8-2)16-22(26-24)18(5)6/h15-18H,7-14H2,1-6H3. The molecule has 0 bridgehead atoms. The molecule has 2 heteroatoms. The fraction of sp³-hybridized carbons (Fsp3) is 0.667. The van der Waals surface area contributed by atoms with E-state index in [-0.39, 0.29) is 0 Å². The number of rotatable bonds is 11. The van der Waals surface area contributed by atoms with Crippen molar-refractivity contribution in [3.05, 3.63) is 34.8 Å². The van der Waals surface area contributed by atoms with Gasteiger partial charge in [0.2, 0.25) is 0 Å². The number of furan rings is 2. The molecule has 0 saturated heterocycles. The molecule has 0 radical (unpaired) electrons. The Bertz CT molecular complexity index is 600. The fourth-order valence-corrected chi connectivity index (χ4v) is 3.36. The van der Waals surface area contributed by atoms with E-state index in [1.54, 1.807) is 0 Å². The van der Waals surface area contributed by atoms with Gasteiger partial charge in [-0.3, -0.25) is 0 Å². The maximum Gasteiger partial charge on any atom is 0.173 e. The summed E-state index contributed by atoms with van der Waals surface area (Å²) >= 11 is 0. The van der Waals surface area contributed by atoms with Crippen LogP contribution in [0.3, 0.4) is 0 Å². The predicted molar refractivity (Wildman–Crippen MR) is 111 cm³/mol. The highest BCUT2D eigenvalue weighted by atomic mass is 16.4. The van der Waals surface area contributed by atoms with Gasteiger partial charge >= 0.3 is 0 Å². The zero-order chi connectivity index (χ0) is 19.1. The third kappa shape index (κ3) is 5.28. The van der Waals surface area contributed by atoms with E-state index in [0.29, 0.717) is 11.8 Å². The van der Waals surface area contributed by atoms with Crippen LogP contribution in [0.4, 0.5) is 0 Å². The molecule has 0 aliphatic carbocycles. The fourth-order valence-electron chi connectivity index (χ4n) is 3.36. The van der Waals surface area contributed by atoms with Crippen LogP contribution in [0.25, 0.3) is 11.5 Å². The molecule has 2 aromatic heterocycles. The lowest BCUT2D eigenvalue weighted by Crippen LogP contribution is -1.90. The largest absolute Gasteiger partial charge is 0.457 e. The third-order valence-corrected chi connectivity index (χ3v) is 5.10. The van der Waals surface area contributed by atoms with Crippen LogP contribution < -0.4 is 0 Å². The highest BCUT2D eigenvalue weighted by molar-refractivity contribution is 5.61. The molecular weight excluding hydrogens is 320 g/mol. The Balaban J connectivity index is 2.40. The molecule has 0 aliphatic rings. The molecule has 0 aliphatic heterocycles. The molecule has 0 unspecified atom stereocenters. The summed E-state index contributed by atoms with van der Waals surface area (Å²) in [6, 6.07) is 4.53. The van der Waals surface area contributed by atoms with Gasteiger partial charge < -0.3 is 8.83 Å². The van der Waals surface area contributed by atoms with Gasteiger partial charge in [0, 0.05) is 23.0 Å². The Morgan fingerprint density at radius 2 is 1.04 bits per heavy atom. The molecule has 0 atom stereocenters. The SMILES string of the molecule is CCCCCc1cc(C(C)C)oc1-c1oc(C(C)C)cc1CCCCC. The molecule has 146 valence electrons. The Hall–Kier alpha value is -1.44. The molecule has 0 N–H and O–H groups in total. The highest BCUT2D eigenvalue weighted by Crippen LogP contribution is 2.37. The van der Waals surface area contributed by atoms with E-state index >= 15 is 0 Å². The predicted octanol–water partition coefficient (Wildman–Crippen LogP) is 8.25. The first-order chi connectivity index (χ1) is 12.5. The van der Waals surface area contributed by atoms with Crippen molar-refractivity contribution in [2.24, 2.45) is 0 Å². The summed E-state index contributed by atoms with van der Waals surface area (Å²) in [6.45, 7) is 13.3. The summed E-state index contributed by atoms with van der Waals surface area (Å²) < 4.78 is 12.7. The smallest absolute Gasteiger partial charge is 0.173 e. The van der Waals surface area contributed by atoms with Crippen LogP contribution in [0, 0.1) is 0 Å². The molecule has 2 rings (SSSR count). The van der Waals surface area contributed by atoms with Gasteiger partial charge in [0.25, 0.3) is 0 Å². The van der Waals surface area contributed by atoms with Gasteiger partial charge in [-0.25, -0.2) is 0 Å². The summed E-state index contributed by atoms with van der Waals surface area (Å²) in [4.78, 5) is 0. The van der Waals surface area contributed by atoms with Gasteiger partial charge in [0.15, 0.2) is 11.5 Å². The second kappa shape index (κ2) is 10.0. The maximum atomic E-state index is 6.34. The first kappa shape index (κ1) is 20.9. The van der Waals surface area contributed by atoms with E-state index in [4.69, 9.17) is 8.83 Å². The maximum absolute atomic E-state index is 6.34. The van der Waals surface area contributed by atoms with Crippen LogP contribution in [0.5, 0.6) is 0 Å². The monoisotopic (exact) mass is 358 g/mol. The molecule has 2 nitrogen and oxygen atoms in total. The lowest BCUT2D eigenvalue weighted by molar-refractivity contribution is 0.452. The minimum Gasteiger partial charge on any atom is -0.457 e. The lowest BCUT2D eigenvalue weighted by Gasteiger charge is -2.04. The van der Waals surface area contributed by atoms with E-state index in [1.807, 2.05) is 0 Å². The van der Waals surface area contributed by atoms with E-state index in [9.17, 15) is 0 Å². The topological polar surface area (TPSA) is 26.3 Å².